The third-order valence-corrected chi connectivity index (χ3v) is 3.86. The molecule has 2 aromatic carbocycles. The Hall–Kier alpha value is -1.54. The summed E-state index contributed by atoms with van der Waals surface area (Å²) in [5.41, 5.74) is 0. The van der Waals surface area contributed by atoms with Crippen LogP contribution in [0.5, 0.6) is 5.75 Å². The normalized spacial score (nSPS) is 16.6. The van der Waals surface area contributed by atoms with Gasteiger partial charge in [0.05, 0.1) is 0 Å². The lowest BCUT2D eigenvalue weighted by molar-refractivity contribution is 0.184. The molecule has 0 aromatic heterocycles. The van der Waals surface area contributed by atoms with Crippen LogP contribution in [0.2, 0.25) is 0 Å². The number of ether oxygens (including phenoxy) is 1. The van der Waals surface area contributed by atoms with Gasteiger partial charge in [0, 0.05) is 11.9 Å². The molecule has 0 bridgehead atoms. The van der Waals surface area contributed by atoms with Gasteiger partial charge >= 0.3 is 0 Å². The van der Waals surface area contributed by atoms with Gasteiger partial charge in [0.25, 0.3) is 0 Å². The second-order valence-electron chi connectivity index (χ2n) is 5.23. The van der Waals surface area contributed by atoms with Crippen molar-refractivity contribution in [2.24, 2.45) is 0 Å². The minimum absolute atomic E-state index is 0.786. The third-order valence-electron chi connectivity index (χ3n) is 3.86. The highest BCUT2D eigenvalue weighted by atomic mass is 16.5. The lowest BCUT2D eigenvalue weighted by Gasteiger charge is -2.26. The number of benzene rings is 2. The summed E-state index contributed by atoms with van der Waals surface area (Å²) in [7, 11) is 0. The monoisotopic (exact) mass is 255 g/mol. The lowest BCUT2D eigenvalue weighted by atomic mass is 10.1. The Morgan fingerprint density at radius 1 is 0.895 bits per heavy atom. The van der Waals surface area contributed by atoms with E-state index in [0.717, 1.165) is 18.9 Å². The molecule has 1 fully saturated rings. The van der Waals surface area contributed by atoms with E-state index in [9.17, 15) is 0 Å². The molecule has 1 saturated heterocycles. The Morgan fingerprint density at radius 2 is 1.68 bits per heavy atom. The molecule has 0 spiro atoms. The topological polar surface area (TPSA) is 12.5 Å². The summed E-state index contributed by atoms with van der Waals surface area (Å²) in [4.78, 5) is 2.51. The van der Waals surface area contributed by atoms with Crippen LogP contribution in [0, 0.1) is 0 Å². The van der Waals surface area contributed by atoms with Gasteiger partial charge in [-0.2, -0.15) is 0 Å². The van der Waals surface area contributed by atoms with E-state index >= 15 is 0 Å². The fourth-order valence-electron chi connectivity index (χ4n) is 2.79. The first-order valence-electron chi connectivity index (χ1n) is 7.26. The molecular formula is C17H21NO. The molecule has 19 heavy (non-hydrogen) atoms. The Bertz CT molecular complexity index is 526. The fourth-order valence-corrected chi connectivity index (χ4v) is 2.79. The SMILES string of the molecule is c1ccc2c(OCCN3CCCCC3)cccc2c1. The highest BCUT2D eigenvalue weighted by molar-refractivity contribution is 5.88. The Morgan fingerprint density at radius 3 is 2.58 bits per heavy atom. The molecule has 0 atom stereocenters. The van der Waals surface area contributed by atoms with Crippen LogP contribution in [0.3, 0.4) is 0 Å². The van der Waals surface area contributed by atoms with Gasteiger partial charge < -0.3 is 4.74 Å². The van der Waals surface area contributed by atoms with Crippen LogP contribution in [-0.2, 0) is 0 Å². The maximum Gasteiger partial charge on any atom is 0.127 e. The Balaban J connectivity index is 1.62. The number of hydrogen-bond donors (Lipinski definition) is 0. The number of fused-ring (bicyclic) bond motifs is 1. The lowest BCUT2D eigenvalue weighted by Crippen LogP contribution is -2.33. The van der Waals surface area contributed by atoms with Crippen LogP contribution < -0.4 is 4.74 Å². The third kappa shape index (κ3) is 3.07. The number of rotatable bonds is 4. The zero-order valence-corrected chi connectivity index (χ0v) is 11.3. The molecule has 2 aromatic rings. The highest BCUT2D eigenvalue weighted by Gasteiger charge is 2.09. The van der Waals surface area contributed by atoms with Crippen molar-refractivity contribution in [3.05, 3.63) is 42.5 Å². The van der Waals surface area contributed by atoms with Gasteiger partial charge in [-0.15, -0.1) is 0 Å². The molecule has 1 aliphatic heterocycles. The zero-order valence-electron chi connectivity index (χ0n) is 11.3. The summed E-state index contributed by atoms with van der Waals surface area (Å²) in [6.45, 7) is 4.30. The molecule has 1 heterocycles. The van der Waals surface area contributed by atoms with Crippen molar-refractivity contribution in [1.82, 2.24) is 4.90 Å². The van der Waals surface area contributed by atoms with Crippen molar-refractivity contribution in [2.75, 3.05) is 26.2 Å². The average Bonchev–Trinajstić information content (AvgIpc) is 2.49. The number of likely N-dealkylation sites (tertiary alicyclic amines) is 1. The summed E-state index contributed by atoms with van der Waals surface area (Å²) in [6.07, 6.45) is 4.07. The molecule has 100 valence electrons. The minimum atomic E-state index is 0.786. The predicted molar refractivity (Wildman–Crippen MR) is 79.7 cm³/mol. The summed E-state index contributed by atoms with van der Waals surface area (Å²) < 4.78 is 5.98. The minimum Gasteiger partial charge on any atom is -0.492 e. The molecule has 2 nitrogen and oxygen atoms in total. The smallest absolute Gasteiger partial charge is 0.127 e. The Kier molecular flexibility index (Phi) is 3.99. The van der Waals surface area contributed by atoms with Crippen molar-refractivity contribution in [3.63, 3.8) is 0 Å². The zero-order chi connectivity index (χ0) is 12.9. The van der Waals surface area contributed by atoms with Crippen molar-refractivity contribution in [1.29, 1.82) is 0 Å². The first-order chi connectivity index (χ1) is 9.43. The van der Waals surface area contributed by atoms with Crippen LogP contribution in [-0.4, -0.2) is 31.1 Å². The molecular weight excluding hydrogens is 234 g/mol. The molecule has 0 amide bonds. The molecule has 1 aliphatic rings. The van der Waals surface area contributed by atoms with Crippen molar-refractivity contribution in [3.8, 4) is 5.75 Å². The standard InChI is InChI=1S/C17H21NO/c1-4-11-18(12-5-1)13-14-19-17-10-6-8-15-7-2-3-9-16(15)17/h2-3,6-10H,1,4-5,11-14H2. The van der Waals surface area contributed by atoms with E-state index in [0.29, 0.717) is 0 Å². The maximum atomic E-state index is 5.98. The second kappa shape index (κ2) is 6.07. The number of piperidine rings is 1. The summed E-state index contributed by atoms with van der Waals surface area (Å²) in [5.74, 6) is 1.01. The predicted octanol–water partition coefficient (Wildman–Crippen LogP) is 3.70. The van der Waals surface area contributed by atoms with E-state index in [2.05, 4.69) is 47.4 Å². The van der Waals surface area contributed by atoms with Crippen molar-refractivity contribution in [2.45, 2.75) is 19.3 Å². The van der Waals surface area contributed by atoms with Crippen LogP contribution in [0.25, 0.3) is 10.8 Å². The van der Waals surface area contributed by atoms with Gasteiger partial charge in [0.15, 0.2) is 0 Å². The van der Waals surface area contributed by atoms with E-state index in [1.807, 2.05) is 0 Å². The van der Waals surface area contributed by atoms with E-state index in [1.54, 1.807) is 0 Å². The summed E-state index contributed by atoms with van der Waals surface area (Å²) in [6, 6.07) is 14.7. The molecule has 2 heteroatoms. The fraction of sp³-hybridized carbons (Fsp3) is 0.412. The van der Waals surface area contributed by atoms with Crippen molar-refractivity contribution >= 4 is 10.8 Å². The quantitative estimate of drug-likeness (QED) is 0.826. The molecule has 0 aliphatic carbocycles. The molecule has 3 rings (SSSR count). The van der Waals surface area contributed by atoms with Gasteiger partial charge in [0.2, 0.25) is 0 Å². The first kappa shape index (κ1) is 12.5. The maximum absolute atomic E-state index is 5.98. The van der Waals surface area contributed by atoms with Crippen LogP contribution in [0.1, 0.15) is 19.3 Å². The molecule has 0 saturated carbocycles. The number of hydrogen-bond acceptors (Lipinski definition) is 2. The van der Waals surface area contributed by atoms with Gasteiger partial charge in [-0.3, -0.25) is 4.90 Å². The van der Waals surface area contributed by atoms with Gasteiger partial charge in [-0.1, -0.05) is 42.8 Å². The van der Waals surface area contributed by atoms with Gasteiger partial charge in [-0.05, 0) is 37.4 Å². The van der Waals surface area contributed by atoms with Crippen LogP contribution >= 0.6 is 0 Å². The first-order valence-corrected chi connectivity index (χ1v) is 7.26. The summed E-state index contributed by atoms with van der Waals surface area (Å²) in [5, 5.41) is 2.46. The van der Waals surface area contributed by atoms with E-state index < -0.39 is 0 Å². The average molecular weight is 255 g/mol. The van der Waals surface area contributed by atoms with E-state index in [1.165, 1.54) is 43.1 Å². The van der Waals surface area contributed by atoms with E-state index in [-0.39, 0.29) is 0 Å². The molecule has 0 unspecified atom stereocenters. The van der Waals surface area contributed by atoms with E-state index in [4.69, 9.17) is 4.74 Å². The second-order valence-corrected chi connectivity index (χ2v) is 5.23. The molecule has 0 N–H and O–H groups in total. The summed E-state index contributed by atoms with van der Waals surface area (Å²) >= 11 is 0. The van der Waals surface area contributed by atoms with Gasteiger partial charge in [-0.25, -0.2) is 0 Å². The highest BCUT2D eigenvalue weighted by Crippen LogP contribution is 2.25. The largest absolute Gasteiger partial charge is 0.492 e. The number of nitrogens with zero attached hydrogens (tertiary/aromatic N) is 1. The van der Waals surface area contributed by atoms with Gasteiger partial charge in [0.1, 0.15) is 12.4 Å². The van der Waals surface area contributed by atoms with Crippen molar-refractivity contribution < 1.29 is 4.74 Å². The van der Waals surface area contributed by atoms with Crippen LogP contribution in [0.15, 0.2) is 42.5 Å². The Labute approximate surface area is 115 Å². The molecule has 0 radical (unpaired) electrons. The van der Waals surface area contributed by atoms with Crippen LogP contribution in [0.4, 0.5) is 0 Å².